The average molecular weight is 165 g/mol. The Kier molecular flexibility index (Phi) is 2.96. The van der Waals surface area contributed by atoms with Crippen molar-refractivity contribution < 1.29 is 0 Å². The summed E-state index contributed by atoms with van der Waals surface area (Å²) in [6, 6.07) is 0. The van der Waals surface area contributed by atoms with Crippen molar-refractivity contribution in [1.82, 2.24) is 4.90 Å². The average Bonchev–Trinajstić information content (AvgIpc) is 2.38. The van der Waals surface area contributed by atoms with Crippen molar-refractivity contribution in [1.29, 1.82) is 0 Å². The summed E-state index contributed by atoms with van der Waals surface area (Å²) in [6.07, 6.45) is 4.55. The second-order valence-corrected chi connectivity index (χ2v) is 3.79. The van der Waals surface area contributed by atoms with E-state index in [9.17, 15) is 0 Å². The molecule has 0 radical (unpaired) electrons. The van der Waals surface area contributed by atoms with Gasteiger partial charge in [0.25, 0.3) is 0 Å². The zero-order valence-electron chi connectivity index (χ0n) is 8.43. The van der Waals surface area contributed by atoms with Crippen molar-refractivity contribution in [3.05, 3.63) is 23.9 Å². The van der Waals surface area contributed by atoms with Crippen LogP contribution in [0, 0.1) is 5.92 Å². The van der Waals surface area contributed by atoms with Gasteiger partial charge in [0.2, 0.25) is 0 Å². The normalized spacial score (nSPS) is 21.8. The van der Waals surface area contributed by atoms with Crippen LogP contribution in [0.1, 0.15) is 26.7 Å². The Morgan fingerprint density at radius 3 is 2.58 bits per heavy atom. The minimum atomic E-state index is 0.609. The van der Waals surface area contributed by atoms with E-state index >= 15 is 0 Å². The van der Waals surface area contributed by atoms with Crippen LogP contribution in [0.25, 0.3) is 0 Å². The van der Waals surface area contributed by atoms with E-state index in [2.05, 4.69) is 32.4 Å². The van der Waals surface area contributed by atoms with E-state index < -0.39 is 0 Å². The molecule has 1 rings (SSSR count). The number of hydrogen-bond acceptors (Lipinski definition) is 1. The molecule has 12 heavy (non-hydrogen) atoms. The van der Waals surface area contributed by atoms with Gasteiger partial charge >= 0.3 is 0 Å². The Balaban J connectivity index is 2.90. The highest BCUT2D eigenvalue weighted by Gasteiger charge is 2.16. The van der Waals surface area contributed by atoms with Gasteiger partial charge in [-0.15, -0.1) is 0 Å². The Labute approximate surface area is 75.8 Å². The monoisotopic (exact) mass is 165 g/mol. The van der Waals surface area contributed by atoms with Crippen LogP contribution in [0.4, 0.5) is 0 Å². The van der Waals surface area contributed by atoms with Crippen LogP contribution in [-0.4, -0.2) is 18.5 Å². The molecule has 0 spiro atoms. The van der Waals surface area contributed by atoms with Gasteiger partial charge in [0, 0.05) is 19.3 Å². The van der Waals surface area contributed by atoms with Crippen LogP contribution < -0.4 is 0 Å². The zero-order chi connectivity index (χ0) is 9.14. The molecule has 0 aromatic heterocycles. The van der Waals surface area contributed by atoms with Crippen molar-refractivity contribution in [2.75, 3.05) is 13.6 Å². The summed E-state index contributed by atoms with van der Waals surface area (Å²) in [5, 5.41) is 0. The van der Waals surface area contributed by atoms with Crippen LogP contribution in [0.3, 0.4) is 0 Å². The zero-order valence-corrected chi connectivity index (χ0v) is 8.43. The summed E-state index contributed by atoms with van der Waals surface area (Å²) >= 11 is 0. The van der Waals surface area contributed by atoms with E-state index in [4.69, 9.17) is 0 Å². The fraction of sp³-hybridized carbons (Fsp3) is 0.636. The summed E-state index contributed by atoms with van der Waals surface area (Å²) in [4.78, 5) is 2.36. The standard InChI is InChI=1S/C11H19N/c1-5-10(9(2)3)11-7-6-8-12(11)4/h5,9H,1,6-8H2,2-4H3/b11-10+. The first-order chi connectivity index (χ1) is 5.66. The van der Waals surface area contributed by atoms with Crippen LogP contribution >= 0.6 is 0 Å². The van der Waals surface area contributed by atoms with Gasteiger partial charge in [0.1, 0.15) is 0 Å². The van der Waals surface area contributed by atoms with Crippen molar-refractivity contribution in [3.8, 4) is 0 Å². The van der Waals surface area contributed by atoms with E-state index in [0.29, 0.717) is 5.92 Å². The molecule has 0 unspecified atom stereocenters. The van der Waals surface area contributed by atoms with E-state index in [1.807, 2.05) is 6.08 Å². The molecule has 0 atom stereocenters. The maximum Gasteiger partial charge on any atom is 0.0175 e. The number of hydrogen-bond donors (Lipinski definition) is 0. The second kappa shape index (κ2) is 3.79. The Morgan fingerprint density at radius 2 is 2.25 bits per heavy atom. The van der Waals surface area contributed by atoms with Crippen molar-refractivity contribution in [2.24, 2.45) is 5.92 Å². The molecule has 0 aromatic rings. The van der Waals surface area contributed by atoms with E-state index in [0.717, 1.165) is 0 Å². The van der Waals surface area contributed by atoms with Crippen LogP contribution in [-0.2, 0) is 0 Å². The van der Waals surface area contributed by atoms with Gasteiger partial charge in [0.15, 0.2) is 0 Å². The molecule has 1 saturated heterocycles. The molecular weight excluding hydrogens is 146 g/mol. The largest absolute Gasteiger partial charge is 0.378 e. The molecule has 1 aliphatic heterocycles. The quantitative estimate of drug-likeness (QED) is 0.608. The highest BCUT2D eigenvalue weighted by atomic mass is 15.1. The molecule has 1 nitrogen and oxygen atoms in total. The highest BCUT2D eigenvalue weighted by molar-refractivity contribution is 5.26. The lowest BCUT2D eigenvalue weighted by molar-refractivity contribution is 0.471. The molecule has 1 aliphatic rings. The fourth-order valence-corrected chi connectivity index (χ4v) is 1.86. The van der Waals surface area contributed by atoms with Gasteiger partial charge in [0.05, 0.1) is 0 Å². The van der Waals surface area contributed by atoms with Gasteiger partial charge in [-0.05, 0) is 24.3 Å². The lowest BCUT2D eigenvalue weighted by atomic mass is 10.00. The Hall–Kier alpha value is -0.720. The molecule has 1 fully saturated rings. The first kappa shape index (κ1) is 9.37. The van der Waals surface area contributed by atoms with Crippen molar-refractivity contribution in [2.45, 2.75) is 26.7 Å². The summed E-state index contributed by atoms with van der Waals surface area (Å²) in [5.74, 6) is 0.609. The lowest BCUT2D eigenvalue weighted by Crippen LogP contribution is -2.13. The third-order valence-electron chi connectivity index (χ3n) is 2.54. The summed E-state index contributed by atoms with van der Waals surface area (Å²) < 4.78 is 0. The van der Waals surface area contributed by atoms with E-state index in [-0.39, 0.29) is 0 Å². The Morgan fingerprint density at radius 1 is 1.58 bits per heavy atom. The summed E-state index contributed by atoms with van der Waals surface area (Å²) in [6.45, 7) is 9.55. The maximum atomic E-state index is 3.88. The topological polar surface area (TPSA) is 3.24 Å². The highest BCUT2D eigenvalue weighted by Crippen LogP contribution is 2.26. The smallest absolute Gasteiger partial charge is 0.0175 e. The van der Waals surface area contributed by atoms with Gasteiger partial charge in [-0.25, -0.2) is 0 Å². The van der Waals surface area contributed by atoms with Crippen molar-refractivity contribution >= 4 is 0 Å². The van der Waals surface area contributed by atoms with Gasteiger partial charge in [-0.2, -0.15) is 0 Å². The van der Waals surface area contributed by atoms with Crippen LogP contribution in [0.15, 0.2) is 23.9 Å². The molecule has 1 heterocycles. The minimum absolute atomic E-state index is 0.609. The SMILES string of the molecule is C=C/C(=C1/CCCN1C)C(C)C. The third kappa shape index (κ3) is 1.71. The molecule has 0 aromatic carbocycles. The first-order valence-electron chi connectivity index (χ1n) is 4.73. The molecule has 68 valence electrons. The maximum absolute atomic E-state index is 3.88. The number of nitrogens with zero attached hydrogens (tertiary/aromatic N) is 1. The summed E-state index contributed by atoms with van der Waals surface area (Å²) in [5.41, 5.74) is 2.93. The third-order valence-corrected chi connectivity index (χ3v) is 2.54. The van der Waals surface area contributed by atoms with Gasteiger partial charge in [-0.3, -0.25) is 0 Å². The molecule has 0 amide bonds. The molecular formula is C11H19N. The predicted molar refractivity (Wildman–Crippen MR) is 53.9 cm³/mol. The molecule has 0 N–H and O–H groups in total. The van der Waals surface area contributed by atoms with E-state index in [1.54, 1.807) is 0 Å². The Bertz CT molecular complexity index is 201. The minimum Gasteiger partial charge on any atom is -0.378 e. The number of allylic oxidation sites excluding steroid dienone is 3. The van der Waals surface area contributed by atoms with Crippen molar-refractivity contribution in [3.63, 3.8) is 0 Å². The van der Waals surface area contributed by atoms with Crippen LogP contribution in [0.2, 0.25) is 0 Å². The van der Waals surface area contributed by atoms with Crippen LogP contribution in [0.5, 0.6) is 0 Å². The molecule has 0 bridgehead atoms. The lowest BCUT2D eigenvalue weighted by Gasteiger charge is -2.18. The number of rotatable bonds is 2. The number of likely N-dealkylation sites (tertiary alicyclic amines) is 1. The first-order valence-corrected chi connectivity index (χ1v) is 4.73. The summed E-state index contributed by atoms with van der Waals surface area (Å²) in [7, 11) is 2.17. The molecule has 0 aliphatic carbocycles. The second-order valence-electron chi connectivity index (χ2n) is 3.79. The molecule has 1 heteroatoms. The fourth-order valence-electron chi connectivity index (χ4n) is 1.86. The van der Waals surface area contributed by atoms with Gasteiger partial charge < -0.3 is 4.90 Å². The molecule has 0 saturated carbocycles. The van der Waals surface area contributed by atoms with E-state index in [1.165, 1.54) is 30.7 Å². The predicted octanol–water partition coefficient (Wildman–Crippen LogP) is 2.81. The van der Waals surface area contributed by atoms with Gasteiger partial charge in [-0.1, -0.05) is 26.5 Å².